The lowest BCUT2D eigenvalue weighted by Gasteiger charge is -2.45. The van der Waals surface area contributed by atoms with Gasteiger partial charge in [-0.2, -0.15) is 0 Å². The molecule has 0 aromatic carbocycles. The summed E-state index contributed by atoms with van der Waals surface area (Å²) in [6.07, 6.45) is -3.41. The average molecular weight is 207 g/mol. The molecule has 5 atom stereocenters. The molecule has 14 heavy (non-hydrogen) atoms. The first-order valence-electron chi connectivity index (χ1n) is 4.59. The zero-order valence-electron chi connectivity index (χ0n) is 8.00. The van der Waals surface area contributed by atoms with Gasteiger partial charge in [0.1, 0.15) is 18.3 Å². The van der Waals surface area contributed by atoms with Gasteiger partial charge in [-0.25, -0.2) is 0 Å². The van der Waals surface area contributed by atoms with Crippen LogP contribution in [-0.2, 0) is 4.74 Å². The SMILES string of the molecule is CCC1(O)O[C@H](CO)[C@H](O)[C@H](O)[C@H]1N. The Labute approximate surface area is 81.9 Å². The minimum atomic E-state index is -1.69. The van der Waals surface area contributed by atoms with Gasteiger partial charge in [-0.05, 0) is 0 Å². The smallest absolute Gasteiger partial charge is 0.183 e. The number of hydrogen-bond acceptors (Lipinski definition) is 6. The second-order valence-corrected chi connectivity index (χ2v) is 3.54. The van der Waals surface area contributed by atoms with Crippen LogP contribution in [0, 0.1) is 0 Å². The molecule has 0 amide bonds. The highest BCUT2D eigenvalue weighted by Crippen LogP contribution is 2.28. The molecular weight excluding hydrogens is 190 g/mol. The molecule has 0 aromatic rings. The molecule has 1 rings (SSSR count). The summed E-state index contributed by atoms with van der Waals surface area (Å²) in [5, 5.41) is 37.6. The van der Waals surface area contributed by atoms with Crippen LogP contribution in [0.15, 0.2) is 0 Å². The summed E-state index contributed by atoms with van der Waals surface area (Å²) in [6.45, 7) is 1.16. The van der Waals surface area contributed by atoms with Gasteiger partial charge in [0.05, 0.1) is 12.6 Å². The molecule has 1 saturated heterocycles. The monoisotopic (exact) mass is 207 g/mol. The van der Waals surface area contributed by atoms with E-state index in [2.05, 4.69) is 0 Å². The molecule has 0 aromatic heterocycles. The van der Waals surface area contributed by atoms with Crippen LogP contribution in [0.2, 0.25) is 0 Å². The number of rotatable bonds is 2. The first kappa shape index (κ1) is 11.8. The van der Waals surface area contributed by atoms with Gasteiger partial charge in [-0.1, -0.05) is 6.92 Å². The van der Waals surface area contributed by atoms with E-state index in [4.69, 9.17) is 15.6 Å². The number of aliphatic hydroxyl groups excluding tert-OH is 3. The van der Waals surface area contributed by atoms with Crippen molar-refractivity contribution in [1.29, 1.82) is 0 Å². The normalized spacial score (nSPS) is 49.3. The van der Waals surface area contributed by atoms with E-state index < -0.39 is 36.7 Å². The van der Waals surface area contributed by atoms with Crippen molar-refractivity contribution in [2.24, 2.45) is 5.73 Å². The van der Waals surface area contributed by atoms with Crippen molar-refractivity contribution in [3.05, 3.63) is 0 Å². The Morgan fingerprint density at radius 1 is 1.36 bits per heavy atom. The van der Waals surface area contributed by atoms with E-state index in [1.807, 2.05) is 0 Å². The van der Waals surface area contributed by atoms with Crippen molar-refractivity contribution in [2.75, 3.05) is 6.61 Å². The van der Waals surface area contributed by atoms with Crippen LogP contribution < -0.4 is 5.73 Å². The summed E-state index contributed by atoms with van der Waals surface area (Å²) in [5.41, 5.74) is 5.51. The molecule has 6 nitrogen and oxygen atoms in total. The number of hydrogen-bond donors (Lipinski definition) is 5. The highest BCUT2D eigenvalue weighted by molar-refractivity contribution is 4.97. The molecule has 1 heterocycles. The highest BCUT2D eigenvalue weighted by Gasteiger charge is 2.50. The van der Waals surface area contributed by atoms with E-state index in [0.717, 1.165) is 0 Å². The van der Waals surface area contributed by atoms with Crippen molar-refractivity contribution < 1.29 is 25.2 Å². The van der Waals surface area contributed by atoms with Crippen LogP contribution in [0.5, 0.6) is 0 Å². The third kappa shape index (κ3) is 1.77. The molecule has 1 aliphatic heterocycles. The summed E-state index contributed by atoms with van der Waals surface area (Å²) in [6, 6.07) is -1.08. The first-order valence-corrected chi connectivity index (χ1v) is 4.59. The van der Waals surface area contributed by atoms with Crippen molar-refractivity contribution in [2.45, 2.75) is 43.5 Å². The van der Waals surface area contributed by atoms with E-state index in [0.29, 0.717) is 0 Å². The maximum Gasteiger partial charge on any atom is 0.183 e. The Bertz CT molecular complexity index is 200. The molecule has 6 N–H and O–H groups in total. The highest BCUT2D eigenvalue weighted by atomic mass is 16.6. The molecule has 0 saturated carbocycles. The van der Waals surface area contributed by atoms with E-state index in [-0.39, 0.29) is 6.42 Å². The van der Waals surface area contributed by atoms with Gasteiger partial charge < -0.3 is 30.9 Å². The molecule has 0 radical (unpaired) electrons. The van der Waals surface area contributed by atoms with Crippen molar-refractivity contribution in [3.63, 3.8) is 0 Å². The van der Waals surface area contributed by atoms with E-state index in [9.17, 15) is 15.3 Å². The molecule has 0 bridgehead atoms. The molecule has 1 aliphatic rings. The minimum Gasteiger partial charge on any atom is -0.394 e. The van der Waals surface area contributed by atoms with Gasteiger partial charge in [0.15, 0.2) is 5.79 Å². The van der Waals surface area contributed by atoms with Crippen LogP contribution in [0.25, 0.3) is 0 Å². The fourth-order valence-electron chi connectivity index (χ4n) is 1.57. The average Bonchev–Trinajstić information content (AvgIpc) is 2.20. The summed E-state index contributed by atoms with van der Waals surface area (Å²) >= 11 is 0. The Kier molecular flexibility index (Phi) is 3.46. The topological polar surface area (TPSA) is 116 Å². The fraction of sp³-hybridized carbons (Fsp3) is 1.00. The third-order valence-electron chi connectivity index (χ3n) is 2.66. The molecule has 6 heteroatoms. The molecule has 1 fully saturated rings. The van der Waals surface area contributed by atoms with Crippen LogP contribution in [0.3, 0.4) is 0 Å². The molecule has 0 spiro atoms. The van der Waals surface area contributed by atoms with E-state index in [1.165, 1.54) is 0 Å². The summed E-state index contributed by atoms with van der Waals surface area (Å²) in [7, 11) is 0. The summed E-state index contributed by atoms with van der Waals surface area (Å²) < 4.78 is 5.04. The van der Waals surface area contributed by atoms with Crippen molar-refractivity contribution >= 4 is 0 Å². The van der Waals surface area contributed by atoms with E-state index in [1.54, 1.807) is 6.92 Å². The lowest BCUT2D eigenvalue weighted by Crippen LogP contribution is -2.68. The van der Waals surface area contributed by atoms with Gasteiger partial charge >= 0.3 is 0 Å². The second kappa shape index (κ2) is 4.09. The predicted molar refractivity (Wildman–Crippen MR) is 47.2 cm³/mol. The summed E-state index contributed by atoms with van der Waals surface area (Å²) in [5.74, 6) is -1.69. The molecular formula is C8H17NO5. The van der Waals surface area contributed by atoms with E-state index >= 15 is 0 Å². The Morgan fingerprint density at radius 3 is 2.36 bits per heavy atom. The predicted octanol–water partition coefficient (Wildman–Crippen LogP) is -2.47. The summed E-state index contributed by atoms with van der Waals surface area (Å²) in [4.78, 5) is 0. The van der Waals surface area contributed by atoms with Gasteiger partial charge in [0, 0.05) is 6.42 Å². The Balaban J connectivity index is 2.84. The lowest BCUT2D eigenvalue weighted by atomic mass is 9.89. The first-order chi connectivity index (χ1) is 6.46. The van der Waals surface area contributed by atoms with Gasteiger partial charge in [0.25, 0.3) is 0 Å². The lowest BCUT2D eigenvalue weighted by molar-refractivity contribution is -0.314. The van der Waals surface area contributed by atoms with Crippen molar-refractivity contribution in [1.82, 2.24) is 0 Å². The van der Waals surface area contributed by atoms with Crippen LogP contribution in [0.1, 0.15) is 13.3 Å². The van der Waals surface area contributed by atoms with Crippen LogP contribution in [-0.4, -0.2) is 57.2 Å². The Morgan fingerprint density at radius 2 is 1.93 bits per heavy atom. The number of nitrogens with two attached hydrogens (primary N) is 1. The van der Waals surface area contributed by atoms with Crippen LogP contribution in [0.4, 0.5) is 0 Å². The fourth-order valence-corrected chi connectivity index (χ4v) is 1.57. The molecule has 84 valence electrons. The standard InChI is InChI=1S/C8H17NO5/c1-2-8(13)7(9)6(12)5(11)4(3-10)14-8/h4-7,10-13H,2-3,9H2,1H3/t4-,5+,6+,7-,8?/m1/s1. The third-order valence-corrected chi connectivity index (χ3v) is 2.66. The number of aliphatic hydroxyl groups is 4. The quantitative estimate of drug-likeness (QED) is 0.342. The zero-order valence-corrected chi connectivity index (χ0v) is 8.00. The van der Waals surface area contributed by atoms with Crippen LogP contribution >= 0.6 is 0 Å². The van der Waals surface area contributed by atoms with Gasteiger partial charge in [-0.15, -0.1) is 0 Å². The maximum atomic E-state index is 9.81. The Hall–Kier alpha value is -0.240. The van der Waals surface area contributed by atoms with Gasteiger partial charge in [0.2, 0.25) is 0 Å². The number of ether oxygens (including phenoxy) is 1. The second-order valence-electron chi connectivity index (χ2n) is 3.54. The largest absolute Gasteiger partial charge is 0.394 e. The zero-order chi connectivity index (χ0) is 10.9. The maximum absolute atomic E-state index is 9.81. The van der Waals surface area contributed by atoms with Crippen molar-refractivity contribution in [3.8, 4) is 0 Å². The molecule has 0 aliphatic carbocycles. The molecule has 1 unspecified atom stereocenters. The minimum absolute atomic E-state index is 0.175. The van der Waals surface area contributed by atoms with Gasteiger partial charge in [-0.3, -0.25) is 0 Å².